The summed E-state index contributed by atoms with van der Waals surface area (Å²) in [4.78, 5) is 22.5. The van der Waals surface area contributed by atoms with Crippen molar-refractivity contribution in [2.24, 2.45) is 7.05 Å². The van der Waals surface area contributed by atoms with Crippen molar-refractivity contribution >= 4 is 35.0 Å². The van der Waals surface area contributed by atoms with Crippen LogP contribution in [0.2, 0.25) is 5.02 Å². The van der Waals surface area contributed by atoms with E-state index >= 15 is 0 Å². The highest BCUT2D eigenvalue weighted by Crippen LogP contribution is 2.25. The lowest BCUT2D eigenvalue weighted by molar-refractivity contribution is -0.384. The molecule has 0 aliphatic heterocycles. The summed E-state index contributed by atoms with van der Waals surface area (Å²) in [6, 6.07) is 11.4. The second-order valence-electron chi connectivity index (χ2n) is 5.50. The number of nitrogens with zero attached hydrogens (tertiary/aromatic N) is 5. The Labute approximate surface area is 158 Å². The maximum atomic E-state index is 12.1. The van der Waals surface area contributed by atoms with Crippen molar-refractivity contribution in [3.63, 3.8) is 0 Å². The summed E-state index contributed by atoms with van der Waals surface area (Å²) in [7, 11) is 1.72. The van der Waals surface area contributed by atoms with Crippen LogP contribution in [0.15, 0.2) is 48.5 Å². The van der Waals surface area contributed by atoms with Crippen LogP contribution >= 0.6 is 11.6 Å². The van der Waals surface area contributed by atoms with E-state index in [0.717, 1.165) is 5.56 Å². The quantitative estimate of drug-likeness (QED) is 0.410. The number of aryl methyl sites for hydroxylation is 1. The minimum absolute atomic E-state index is 0.0386. The van der Waals surface area contributed by atoms with Gasteiger partial charge in [0, 0.05) is 30.4 Å². The van der Waals surface area contributed by atoms with Crippen LogP contribution in [0.3, 0.4) is 0 Å². The first kappa shape index (κ1) is 18.2. The van der Waals surface area contributed by atoms with E-state index in [1.54, 1.807) is 31.3 Å². The van der Waals surface area contributed by atoms with E-state index in [1.165, 1.54) is 29.0 Å². The zero-order valence-electron chi connectivity index (χ0n) is 14.0. The summed E-state index contributed by atoms with van der Waals surface area (Å²) in [6.07, 6.45) is 2.75. The van der Waals surface area contributed by atoms with Gasteiger partial charge in [-0.2, -0.15) is 0 Å². The SMILES string of the molecule is Cn1nnnc1-c1cccc(NC(=O)/C=C/c2ccc(Cl)c([N+](=O)[O-])c2)c1. The van der Waals surface area contributed by atoms with Gasteiger partial charge in [-0.25, -0.2) is 4.68 Å². The van der Waals surface area contributed by atoms with Crippen LogP contribution in [0.5, 0.6) is 0 Å². The predicted molar refractivity (Wildman–Crippen MR) is 100 cm³/mol. The number of nitro benzene ring substituents is 1. The first-order valence-corrected chi connectivity index (χ1v) is 8.07. The Balaban J connectivity index is 1.73. The van der Waals surface area contributed by atoms with Crippen LogP contribution in [0.25, 0.3) is 17.5 Å². The maximum absolute atomic E-state index is 12.1. The molecule has 0 aliphatic rings. The number of carbonyl (C=O) groups excluding carboxylic acids is 1. The van der Waals surface area contributed by atoms with Crippen molar-refractivity contribution in [3.05, 3.63) is 69.2 Å². The summed E-state index contributed by atoms with van der Waals surface area (Å²) in [5.74, 6) is 0.177. The lowest BCUT2D eigenvalue weighted by Crippen LogP contribution is -2.07. The highest BCUT2D eigenvalue weighted by molar-refractivity contribution is 6.32. The number of carbonyl (C=O) groups is 1. The van der Waals surface area contributed by atoms with E-state index in [2.05, 4.69) is 20.8 Å². The molecule has 0 unspecified atom stereocenters. The van der Waals surface area contributed by atoms with Gasteiger partial charge in [0.25, 0.3) is 5.69 Å². The lowest BCUT2D eigenvalue weighted by Gasteiger charge is -2.05. The molecule has 1 amide bonds. The average Bonchev–Trinajstić information content (AvgIpc) is 3.07. The zero-order chi connectivity index (χ0) is 19.4. The molecule has 1 N–H and O–H groups in total. The minimum atomic E-state index is -0.577. The molecule has 0 saturated carbocycles. The van der Waals surface area contributed by atoms with Gasteiger partial charge < -0.3 is 5.32 Å². The van der Waals surface area contributed by atoms with Gasteiger partial charge >= 0.3 is 0 Å². The fourth-order valence-corrected chi connectivity index (χ4v) is 2.53. The molecule has 1 heterocycles. The molecule has 2 aromatic carbocycles. The van der Waals surface area contributed by atoms with E-state index in [0.29, 0.717) is 17.1 Å². The third kappa shape index (κ3) is 4.33. The number of nitrogens with one attached hydrogen (secondary N) is 1. The number of rotatable bonds is 5. The maximum Gasteiger partial charge on any atom is 0.288 e. The molecule has 0 radical (unpaired) electrons. The molecule has 0 saturated heterocycles. The molecule has 10 heteroatoms. The van der Waals surface area contributed by atoms with Crippen molar-refractivity contribution < 1.29 is 9.72 Å². The van der Waals surface area contributed by atoms with E-state index in [4.69, 9.17) is 11.6 Å². The number of anilines is 1. The highest BCUT2D eigenvalue weighted by atomic mass is 35.5. The largest absolute Gasteiger partial charge is 0.322 e. The highest BCUT2D eigenvalue weighted by Gasteiger charge is 2.12. The standard InChI is InChI=1S/C17H13ClN6O3/c1-23-17(20-21-22-23)12-3-2-4-13(10-12)19-16(25)8-6-11-5-7-14(18)15(9-11)24(26)27/h2-10H,1H3,(H,19,25)/b8-6+. The van der Waals surface area contributed by atoms with E-state index in [1.807, 2.05) is 6.07 Å². The van der Waals surface area contributed by atoms with Gasteiger partial charge in [0.1, 0.15) is 5.02 Å². The Kier molecular flexibility index (Phi) is 5.23. The summed E-state index contributed by atoms with van der Waals surface area (Å²) in [6.45, 7) is 0. The van der Waals surface area contributed by atoms with Gasteiger partial charge in [-0.05, 0) is 40.3 Å². The van der Waals surface area contributed by atoms with Gasteiger partial charge in [0.2, 0.25) is 5.91 Å². The van der Waals surface area contributed by atoms with Gasteiger partial charge in [-0.1, -0.05) is 29.8 Å². The average molecular weight is 385 g/mol. The number of amides is 1. The van der Waals surface area contributed by atoms with E-state index in [-0.39, 0.29) is 16.6 Å². The van der Waals surface area contributed by atoms with Crippen molar-refractivity contribution in [2.75, 3.05) is 5.32 Å². The molecule has 0 bridgehead atoms. The monoisotopic (exact) mass is 384 g/mol. The lowest BCUT2D eigenvalue weighted by atomic mass is 10.1. The number of tetrazole rings is 1. The third-order valence-corrected chi connectivity index (χ3v) is 3.92. The fraction of sp³-hybridized carbons (Fsp3) is 0.0588. The Morgan fingerprint density at radius 3 is 2.81 bits per heavy atom. The predicted octanol–water partition coefficient (Wildman–Crippen LogP) is 3.09. The summed E-state index contributed by atoms with van der Waals surface area (Å²) >= 11 is 5.77. The molecule has 3 rings (SSSR count). The molecular formula is C17H13ClN6O3. The van der Waals surface area contributed by atoms with Gasteiger partial charge in [-0.15, -0.1) is 5.10 Å². The van der Waals surface area contributed by atoms with Gasteiger partial charge in [0.15, 0.2) is 5.82 Å². The topological polar surface area (TPSA) is 116 Å². The van der Waals surface area contributed by atoms with Crippen LogP contribution in [-0.2, 0) is 11.8 Å². The Bertz CT molecular complexity index is 1050. The number of halogens is 1. The van der Waals surface area contributed by atoms with Crippen LogP contribution in [-0.4, -0.2) is 31.0 Å². The normalized spacial score (nSPS) is 10.9. The number of hydrogen-bond donors (Lipinski definition) is 1. The van der Waals surface area contributed by atoms with Crippen LogP contribution < -0.4 is 5.32 Å². The van der Waals surface area contributed by atoms with Crippen molar-refractivity contribution in [2.45, 2.75) is 0 Å². The Morgan fingerprint density at radius 1 is 1.30 bits per heavy atom. The van der Waals surface area contributed by atoms with Gasteiger partial charge in [-0.3, -0.25) is 14.9 Å². The molecule has 0 fully saturated rings. The number of hydrogen-bond acceptors (Lipinski definition) is 6. The van der Waals surface area contributed by atoms with Crippen LogP contribution in [0, 0.1) is 10.1 Å². The van der Waals surface area contributed by atoms with Crippen molar-refractivity contribution in [1.82, 2.24) is 20.2 Å². The second kappa shape index (κ2) is 7.75. The van der Waals surface area contributed by atoms with Crippen molar-refractivity contribution in [1.29, 1.82) is 0 Å². The molecule has 27 heavy (non-hydrogen) atoms. The Morgan fingerprint density at radius 2 is 2.11 bits per heavy atom. The minimum Gasteiger partial charge on any atom is -0.322 e. The molecule has 1 aromatic heterocycles. The molecule has 9 nitrogen and oxygen atoms in total. The van der Waals surface area contributed by atoms with E-state index in [9.17, 15) is 14.9 Å². The molecule has 0 spiro atoms. The molecule has 3 aromatic rings. The molecular weight excluding hydrogens is 372 g/mol. The smallest absolute Gasteiger partial charge is 0.288 e. The summed E-state index contributed by atoms with van der Waals surface area (Å²) < 4.78 is 1.52. The van der Waals surface area contributed by atoms with Gasteiger partial charge in [0.05, 0.1) is 4.92 Å². The summed E-state index contributed by atoms with van der Waals surface area (Å²) in [5.41, 5.74) is 1.58. The molecule has 136 valence electrons. The van der Waals surface area contributed by atoms with Crippen LogP contribution in [0.1, 0.15) is 5.56 Å². The molecule has 0 atom stereocenters. The zero-order valence-corrected chi connectivity index (χ0v) is 14.8. The van der Waals surface area contributed by atoms with E-state index < -0.39 is 4.92 Å². The van der Waals surface area contributed by atoms with Crippen LogP contribution in [0.4, 0.5) is 11.4 Å². The number of nitro groups is 1. The fourth-order valence-electron chi connectivity index (χ4n) is 2.34. The third-order valence-electron chi connectivity index (χ3n) is 3.60. The first-order chi connectivity index (χ1) is 12.9. The van der Waals surface area contributed by atoms with Crippen molar-refractivity contribution in [3.8, 4) is 11.4 Å². The first-order valence-electron chi connectivity index (χ1n) is 7.70. The number of benzene rings is 2. The summed E-state index contributed by atoms with van der Waals surface area (Å²) in [5, 5.41) is 24.9. The number of aromatic nitrogens is 4. The Hall–Kier alpha value is -3.59. The second-order valence-corrected chi connectivity index (χ2v) is 5.90. The molecule has 0 aliphatic carbocycles.